The molecule has 3 aromatic rings. The third-order valence-electron chi connectivity index (χ3n) is 4.80. The average Bonchev–Trinajstić information content (AvgIpc) is 2.65. The van der Waals surface area contributed by atoms with E-state index in [4.69, 9.17) is 16.3 Å². The predicted molar refractivity (Wildman–Crippen MR) is 105 cm³/mol. The van der Waals surface area contributed by atoms with Crippen molar-refractivity contribution >= 4 is 22.4 Å². The van der Waals surface area contributed by atoms with Gasteiger partial charge in [-0.3, -0.25) is 0 Å². The van der Waals surface area contributed by atoms with E-state index in [0.717, 1.165) is 34.7 Å². The summed E-state index contributed by atoms with van der Waals surface area (Å²) in [5, 5.41) is 2.32. The van der Waals surface area contributed by atoms with E-state index in [1.54, 1.807) is 19.2 Å². The van der Waals surface area contributed by atoms with Crippen LogP contribution in [-0.4, -0.2) is 12.1 Å². The molecule has 3 rings (SSSR count). The molecule has 1 unspecified atom stereocenters. The van der Waals surface area contributed by atoms with Gasteiger partial charge in [0.25, 0.3) is 0 Å². The lowest BCUT2D eigenvalue weighted by Crippen LogP contribution is -2.14. The Bertz CT molecular complexity index is 912. The second-order valence-corrected chi connectivity index (χ2v) is 6.87. The van der Waals surface area contributed by atoms with Crippen LogP contribution in [0.2, 0.25) is 5.02 Å². The van der Waals surface area contributed by atoms with Crippen LogP contribution >= 0.6 is 11.6 Å². The van der Waals surface area contributed by atoms with Crippen molar-refractivity contribution in [3.8, 4) is 5.88 Å². The molecular formula is C22H22ClFNO. The zero-order valence-electron chi connectivity index (χ0n) is 15.2. The van der Waals surface area contributed by atoms with E-state index in [0.29, 0.717) is 5.88 Å². The highest BCUT2D eigenvalue weighted by Crippen LogP contribution is 2.36. The van der Waals surface area contributed by atoms with Gasteiger partial charge in [0, 0.05) is 17.5 Å². The number of methoxy groups -OCH3 is 1. The molecule has 1 heterocycles. The zero-order chi connectivity index (χ0) is 18.7. The Morgan fingerprint density at radius 3 is 2.58 bits per heavy atom. The lowest BCUT2D eigenvalue weighted by atomic mass is 9.80. The first-order valence-electron chi connectivity index (χ1n) is 8.76. The molecule has 0 fully saturated rings. The molecule has 0 saturated carbocycles. The fourth-order valence-electron chi connectivity index (χ4n) is 3.53. The largest absolute Gasteiger partial charge is 0.481 e. The molecule has 0 amide bonds. The van der Waals surface area contributed by atoms with Gasteiger partial charge in [-0.25, -0.2) is 9.37 Å². The molecule has 2 nitrogen and oxygen atoms in total. The number of ether oxygens (including phenoxy) is 1. The third kappa shape index (κ3) is 3.68. The van der Waals surface area contributed by atoms with Crippen molar-refractivity contribution in [1.82, 2.24) is 4.98 Å². The molecule has 0 aliphatic heterocycles. The van der Waals surface area contributed by atoms with Crippen LogP contribution < -0.4 is 4.74 Å². The summed E-state index contributed by atoms with van der Waals surface area (Å²) in [5.41, 5.74) is 2.17. The first-order chi connectivity index (χ1) is 12.5. The molecule has 0 aliphatic carbocycles. The predicted octanol–water partition coefficient (Wildman–Crippen LogP) is 6.25. The van der Waals surface area contributed by atoms with Crippen LogP contribution in [0.3, 0.4) is 0 Å². The Hall–Kier alpha value is -2.13. The van der Waals surface area contributed by atoms with E-state index in [9.17, 15) is 4.39 Å². The van der Waals surface area contributed by atoms with Crippen molar-refractivity contribution in [2.75, 3.05) is 7.11 Å². The van der Waals surface area contributed by atoms with Gasteiger partial charge in [0.1, 0.15) is 5.82 Å². The molecule has 0 spiro atoms. The van der Waals surface area contributed by atoms with E-state index in [-0.39, 0.29) is 16.8 Å². The highest BCUT2D eigenvalue weighted by Gasteiger charge is 2.22. The minimum absolute atomic E-state index is 0.171. The fraction of sp³-hybridized carbons (Fsp3) is 0.273. The van der Waals surface area contributed by atoms with Crippen LogP contribution in [0.5, 0.6) is 5.88 Å². The van der Waals surface area contributed by atoms with Crippen molar-refractivity contribution < 1.29 is 9.13 Å². The van der Waals surface area contributed by atoms with Gasteiger partial charge in [-0.15, -0.1) is 0 Å². The maximum atomic E-state index is 13.4. The summed E-state index contributed by atoms with van der Waals surface area (Å²) in [5.74, 6) is 1.85. The van der Waals surface area contributed by atoms with Gasteiger partial charge in [-0.2, -0.15) is 0 Å². The molecule has 4 heteroatoms. The van der Waals surface area contributed by atoms with Gasteiger partial charge >= 0.3 is 0 Å². The van der Waals surface area contributed by atoms with Crippen LogP contribution in [0.25, 0.3) is 10.8 Å². The van der Waals surface area contributed by atoms with Crippen molar-refractivity contribution in [3.63, 3.8) is 0 Å². The molecular weight excluding hydrogens is 349 g/mol. The van der Waals surface area contributed by atoms with E-state index >= 15 is 0 Å². The van der Waals surface area contributed by atoms with E-state index in [1.165, 1.54) is 12.0 Å². The zero-order valence-corrected chi connectivity index (χ0v) is 16.0. The minimum atomic E-state index is -0.381. The van der Waals surface area contributed by atoms with Gasteiger partial charge < -0.3 is 4.74 Å². The lowest BCUT2D eigenvalue weighted by molar-refractivity contribution is 0.403. The quantitative estimate of drug-likeness (QED) is 0.511. The van der Waals surface area contributed by atoms with E-state index in [1.807, 2.05) is 24.4 Å². The molecule has 1 aromatic heterocycles. The molecule has 0 N–H and O–H groups in total. The summed E-state index contributed by atoms with van der Waals surface area (Å²) in [7, 11) is 1.64. The molecule has 0 aliphatic rings. The number of fused-ring (bicyclic) bond motifs is 1. The van der Waals surface area contributed by atoms with Gasteiger partial charge in [0.2, 0.25) is 5.88 Å². The molecule has 135 valence electrons. The summed E-state index contributed by atoms with van der Waals surface area (Å²) in [4.78, 5) is 4.50. The second-order valence-electron chi connectivity index (χ2n) is 6.46. The third-order valence-corrected chi connectivity index (χ3v) is 5.09. The summed E-state index contributed by atoms with van der Waals surface area (Å²) < 4.78 is 18.8. The van der Waals surface area contributed by atoms with Crippen LogP contribution in [-0.2, 0) is 6.42 Å². The van der Waals surface area contributed by atoms with Crippen molar-refractivity contribution in [3.05, 3.63) is 76.5 Å². The highest BCUT2D eigenvalue weighted by atomic mass is 35.5. The molecule has 1 radical (unpaired) electrons. The number of pyridine rings is 1. The number of halogens is 2. The Labute approximate surface area is 159 Å². The summed E-state index contributed by atoms with van der Waals surface area (Å²) >= 11 is 5.93. The Morgan fingerprint density at radius 1 is 1.19 bits per heavy atom. The number of nitrogens with zero attached hydrogens (tertiary/aromatic N) is 1. The summed E-state index contributed by atoms with van der Waals surface area (Å²) in [6.45, 7) is 4.34. The highest BCUT2D eigenvalue weighted by molar-refractivity contribution is 6.30. The van der Waals surface area contributed by atoms with Crippen molar-refractivity contribution in [2.24, 2.45) is 5.92 Å². The minimum Gasteiger partial charge on any atom is -0.481 e. The van der Waals surface area contributed by atoms with E-state index in [2.05, 4.69) is 24.9 Å². The Morgan fingerprint density at radius 2 is 1.92 bits per heavy atom. The standard InChI is InChI=1S/C22H22ClFNO/c1-4-16(14(2)11-15-9-10-21(24)20(23)12-15)19-13-25-22(26-3)18-8-6-5-7-17(18)19/h5-10,12-14H,4,11H2,1-3H3. The Balaban J connectivity index is 1.95. The number of hydrogen-bond donors (Lipinski definition) is 0. The molecule has 2 aromatic carbocycles. The van der Waals surface area contributed by atoms with Crippen LogP contribution in [0, 0.1) is 17.7 Å². The normalized spacial score (nSPS) is 12.5. The lowest BCUT2D eigenvalue weighted by Gasteiger charge is -2.24. The van der Waals surface area contributed by atoms with Gasteiger partial charge in [0.05, 0.1) is 12.1 Å². The van der Waals surface area contributed by atoms with E-state index < -0.39 is 0 Å². The van der Waals surface area contributed by atoms with Crippen LogP contribution in [0.4, 0.5) is 4.39 Å². The monoisotopic (exact) mass is 370 g/mol. The fourth-order valence-corrected chi connectivity index (χ4v) is 3.74. The SMILES string of the molecule is CC[C](c1cnc(OC)c2ccccc12)C(C)Cc1ccc(F)c(Cl)c1. The van der Waals surface area contributed by atoms with Crippen molar-refractivity contribution in [1.29, 1.82) is 0 Å². The average molecular weight is 371 g/mol. The number of rotatable bonds is 6. The number of aromatic nitrogens is 1. The number of hydrogen-bond acceptors (Lipinski definition) is 2. The molecule has 1 atom stereocenters. The number of benzene rings is 2. The van der Waals surface area contributed by atoms with Crippen LogP contribution in [0.15, 0.2) is 48.7 Å². The molecule has 26 heavy (non-hydrogen) atoms. The summed E-state index contributed by atoms with van der Waals surface area (Å²) in [6, 6.07) is 13.1. The smallest absolute Gasteiger partial charge is 0.221 e. The van der Waals surface area contributed by atoms with Gasteiger partial charge in [-0.05, 0) is 53.5 Å². The summed E-state index contributed by atoms with van der Waals surface area (Å²) in [6.07, 6.45) is 3.60. The van der Waals surface area contributed by atoms with Crippen molar-refractivity contribution in [2.45, 2.75) is 26.7 Å². The maximum absolute atomic E-state index is 13.4. The molecule has 0 saturated heterocycles. The van der Waals surface area contributed by atoms with Gasteiger partial charge in [-0.1, -0.05) is 49.7 Å². The van der Waals surface area contributed by atoms with Gasteiger partial charge in [0.15, 0.2) is 0 Å². The van der Waals surface area contributed by atoms with Crippen LogP contribution in [0.1, 0.15) is 31.4 Å². The first-order valence-corrected chi connectivity index (χ1v) is 9.14. The Kier molecular flexibility index (Phi) is 5.77. The maximum Gasteiger partial charge on any atom is 0.221 e. The topological polar surface area (TPSA) is 22.1 Å². The first kappa shape index (κ1) is 18.7. The second kappa shape index (κ2) is 8.05. The molecule has 0 bridgehead atoms.